The highest BCUT2D eigenvalue weighted by Crippen LogP contribution is 2.31. The number of alkyl halides is 3. The van der Waals surface area contributed by atoms with E-state index in [0.717, 1.165) is 22.8 Å². The Morgan fingerprint density at radius 1 is 1.10 bits per heavy atom. The first-order valence-electron chi connectivity index (χ1n) is 5.33. The van der Waals surface area contributed by atoms with Gasteiger partial charge in [-0.25, -0.2) is 4.79 Å². The molecule has 0 atom stereocenters. The molecule has 0 amide bonds. The van der Waals surface area contributed by atoms with Gasteiger partial charge in [-0.05, 0) is 23.8 Å². The first-order valence-corrected chi connectivity index (χ1v) is 6.21. The topological polar surface area (TPSA) is 54.4 Å². The van der Waals surface area contributed by atoms with Crippen molar-refractivity contribution in [3.05, 3.63) is 46.8 Å². The smallest absolute Gasteiger partial charge is 0.454 e. The Bertz CT molecular complexity index is 673. The number of thiophene rings is 1. The van der Waals surface area contributed by atoms with Crippen LogP contribution in [0.2, 0.25) is 0 Å². The Hall–Kier alpha value is -2.15. The lowest BCUT2D eigenvalue weighted by Crippen LogP contribution is -2.21. The lowest BCUT2D eigenvalue weighted by atomic mass is 10.1. The third kappa shape index (κ3) is 2.88. The molecule has 0 aliphatic carbocycles. The number of halogens is 3. The molecular weight excluding hydrogens is 293 g/mol. The van der Waals surface area contributed by atoms with E-state index in [1.54, 1.807) is 6.07 Å². The van der Waals surface area contributed by atoms with Gasteiger partial charge >= 0.3 is 12.1 Å². The second-order valence-electron chi connectivity index (χ2n) is 3.91. The number of hydrogen-bond acceptors (Lipinski definition) is 3. The largest absolute Gasteiger partial charge is 0.478 e. The average molecular weight is 300 g/mol. The summed E-state index contributed by atoms with van der Waals surface area (Å²) in [7, 11) is 0. The van der Waals surface area contributed by atoms with Crippen molar-refractivity contribution in [3.8, 4) is 10.4 Å². The van der Waals surface area contributed by atoms with E-state index in [1.165, 1.54) is 18.2 Å². The van der Waals surface area contributed by atoms with Crippen LogP contribution in [0.15, 0.2) is 35.7 Å². The lowest BCUT2D eigenvalue weighted by molar-refractivity contribution is -0.0884. The number of Topliss-reactive ketones (excluding diaryl/α,β-unsaturated/α-hetero) is 1. The van der Waals surface area contributed by atoms with Gasteiger partial charge in [0.15, 0.2) is 0 Å². The van der Waals surface area contributed by atoms with Crippen molar-refractivity contribution in [2.24, 2.45) is 0 Å². The van der Waals surface area contributed by atoms with Crippen LogP contribution < -0.4 is 0 Å². The molecule has 1 aromatic heterocycles. The molecule has 0 unspecified atom stereocenters. The molecule has 0 aliphatic heterocycles. The fourth-order valence-electron chi connectivity index (χ4n) is 1.58. The third-order valence-electron chi connectivity index (χ3n) is 2.51. The molecule has 20 heavy (non-hydrogen) atoms. The average Bonchev–Trinajstić information content (AvgIpc) is 2.86. The van der Waals surface area contributed by atoms with Gasteiger partial charge in [0.1, 0.15) is 0 Å². The van der Waals surface area contributed by atoms with E-state index in [0.29, 0.717) is 10.4 Å². The van der Waals surface area contributed by atoms with E-state index in [-0.39, 0.29) is 5.56 Å². The molecule has 104 valence electrons. The van der Waals surface area contributed by atoms with Gasteiger partial charge in [0.2, 0.25) is 0 Å². The molecule has 0 fully saturated rings. The summed E-state index contributed by atoms with van der Waals surface area (Å²) in [6, 6.07) is 6.89. The van der Waals surface area contributed by atoms with E-state index >= 15 is 0 Å². The molecule has 3 nitrogen and oxygen atoms in total. The summed E-state index contributed by atoms with van der Waals surface area (Å²) in [5.74, 6) is -3.04. The van der Waals surface area contributed by atoms with E-state index in [9.17, 15) is 22.8 Å². The fraction of sp³-hybridized carbons (Fsp3) is 0.0769. The summed E-state index contributed by atoms with van der Waals surface area (Å²) in [6.07, 6.45) is -4.92. The monoisotopic (exact) mass is 300 g/mol. The fourth-order valence-corrected chi connectivity index (χ4v) is 2.46. The summed E-state index contributed by atoms with van der Waals surface area (Å²) in [6.45, 7) is 0. The number of carboxylic acids is 1. The van der Waals surface area contributed by atoms with Gasteiger partial charge < -0.3 is 5.11 Å². The number of ketones is 1. The normalized spacial score (nSPS) is 11.3. The number of hydrogen-bond donors (Lipinski definition) is 1. The van der Waals surface area contributed by atoms with Crippen molar-refractivity contribution in [2.75, 3.05) is 0 Å². The summed E-state index contributed by atoms with van der Waals surface area (Å²) in [5.41, 5.74) is 0.0361. The van der Waals surface area contributed by atoms with Crippen LogP contribution in [0.4, 0.5) is 13.2 Å². The molecule has 0 radical (unpaired) electrons. The zero-order chi connectivity index (χ0) is 14.9. The first kappa shape index (κ1) is 14.3. The molecule has 0 bridgehead atoms. The Balaban J connectivity index is 2.36. The van der Waals surface area contributed by atoms with Crippen molar-refractivity contribution in [2.45, 2.75) is 6.18 Å². The molecule has 1 aromatic carbocycles. The van der Waals surface area contributed by atoms with Crippen molar-refractivity contribution in [1.29, 1.82) is 0 Å². The molecule has 0 saturated heterocycles. The summed E-state index contributed by atoms with van der Waals surface area (Å²) >= 11 is 0.954. The van der Waals surface area contributed by atoms with Crippen molar-refractivity contribution in [1.82, 2.24) is 0 Å². The minimum atomic E-state index is -4.92. The number of carboxylic acid groups (broad SMARTS) is 1. The second-order valence-corrected chi connectivity index (χ2v) is 4.82. The number of carbonyl (C=O) groups is 2. The van der Waals surface area contributed by atoms with Crippen LogP contribution in [0, 0.1) is 0 Å². The van der Waals surface area contributed by atoms with Crippen LogP contribution in [-0.4, -0.2) is 23.0 Å². The standard InChI is InChI=1S/C13H7F3O3S/c14-13(15,16)11(17)9-5-10(20-6-9)7-2-1-3-8(4-7)12(18)19/h1-6H,(H,18,19). The van der Waals surface area contributed by atoms with E-state index in [1.807, 2.05) is 0 Å². The highest BCUT2D eigenvalue weighted by molar-refractivity contribution is 7.13. The van der Waals surface area contributed by atoms with Gasteiger partial charge in [0.25, 0.3) is 5.78 Å². The van der Waals surface area contributed by atoms with Crippen LogP contribution in [0.5, 0.6) is 0 Å². The molecule has 0 aliphatic rings. The SMILES string of the molecule is O=C(O)c1cccc(-c2cc(C(=O)C(F)(F)F)cs2)c1. The van der Waals surface area contributed by atoms with E-state index in [4.69, 9.17) is 5.11 Å². The highest BCUT2D eigenvalue weighted by Gasteiger charge is 2.39. The van der Waals surface area contributed by atoms with Gasteiger partial charge in [-0.15, -0.1) is 11.3 Å². The number of benzene rings is 1. The van der Waals surface area contributed by atoms with Gasteiger partial charge in [-0.3, -0.25) is 4.79 Å². The number of rotatable bonds is 3. The Morgan fingerprint density at radius 2 is 1.80 bits per heavy atom. The quantitative estimate of drug-likeness (QED) is 0.876. The number of carbonyl (C=O) groups excluding carboxylic acids is 1. The molecule has 0 saturated carbocycles. The van der Waals surface area contributed by atoms with E-state index in [2.05, 4.69) is 0 Å². The Labute approximate surface area is 115 Å². The van der Waals surface area contributed by atoms with Gasteiger partial charge in [0.05, 0.1) is 5.56 Å². The predicted octanol–water partition coefficient (Wildman–Crippen LogP) is 3.86. The molecule has 0 spiro atoms. The molecule has 2 aromatic rings. The Morgan fingerprint density at radius 3 is 2.40 bits per heavy atom. The molecule has 2 rings (SSSR count). The summed E-state index contributed by atoms with van der Waals surface area (Å²) < 4.78 is 36.9. The zero-order valence-electron chi connectivity index (χ0n) is 9.77. The highest BCUT2D eigenvalue weighted by atomic mass is 32.1. The van der Waals surface area contributed by atoms with Crippen molar-refractivity contribution in [3.63, 3.8) is 0 Å². The van der Waals surface area contributed by atoms with Gasteiger partial charge in [-0.1, -0.05) is 12.1 Å². The Kier molecular flexibility index (Phi) is 3.63. The molecule has 7 heteroatoms. The van der Waals surface area contributed by atoms with Crippen LogP contribution in [0.3, 0.4) is 0 Å². The van der Waals surface area contributed by atoms with Crippen LogP contribution in [-0.2, 0) is 0 Å². The van der Waals surface area contributed by atoms with Crippen LogP contribution in [0.25, 0.3) is 10.4 Å². The number of aromatic carboxylic acids is 1. The van der Waals surface area contributed by atoms with Crippen molar-refractivity contribution >= 4 is 23.1 Å². The van der Waals surface area contributed by atoms with Crippen LogP contribution >= 0.6 is 11.3 Å². The third-order valence-corrected chi connectivity index (χ3v) is 3.49. The molecular formula is C13H7F3O3S. The maximum Gasteiger partial charge on any atom is 0.454 e. The second kappa shape index (κ2) is 5.09. The summed E-state index contributed by atoms with van der Waals surface area (Å²) in [4.78, 5) is 22.3. The summed E-state index contributed by atoms with van der Waals surface area (Å²) in [5, 5.41) is 9.97. The van der Waals surface area contributed by atoms with Gasteiger partial charge in [-0.2, -0.15) is 13.2 Å². The maximum absolute atomic E-state index is 12.3. The van der Waals surface area contributed by atoms with Crippen LogP contribution in [0.1, 0.15) is 20.7 Å². The first-order chi connectivity index (χ1) is 9.29. The zero-order valence-corrected chi connectivity index (χ0v) is 10.6. The van der Waals surface area contributed by atoms with Crippen molar-refractivity contribution < 1.29 is 27.9 Å². The van der Waals surface area contributed by atoms with Gasteiger partial charge in [0, 0.05) is 15.8 Å². The minimum Gasteiger partial charge on any atom is -0.478 e. The predicted molar refractivity (Wildman–Crippen MR) is 67.1 cm³/mol. The maximum atomic E-state index is 12.3. The molecule has 1 heterocycles. The minimum absolute atomic E-state index is 0.0274. The molecule has 1 N–H and O–H groups in total. The van der Waals surface area contributed by atoms with E-state index < -0.39 is 23.5 Å². The lowest BCUT2D eigenvalue weighted by Gasteiger charge is -2.02.